The van der Waals surface area contributed by atoms with Gasteiger partial charge in [0.05, 0.1) is 0 Å². The van der Waals surface area contributed by atoms with Crippen molar-refractivity contribution in [1.29, 1.82) is 0 Å². The van der Waals surface area contributed by atoms with Crippen molar-refractivity contribution in [2.75, 3.05) is 5.32 Å². The molecular formula is C12H14N4O2. The summed E-state index contributed by atoms with van der Waals surface area (Å²) >= 11 is 0. The van der Waals surface area contributed by atoms with Gasteiger partial charge in [-0.2, -0.15) is 5.10 Å². The third kappa shape index (κ3) is 2.48. The molecule has 1 amide bonds. The number of rotatable bonds is 3. The third-order valence-corrected chi connectivity index (χ3v) is 2.57. The van der Waals surface area contributed by atoms with E-state index in [4.69, 9.17) is 0 Å². The van der Waals surface area contributed by atoms with Gasteiger partial charge in [0.2, 0.25) is 0 Å². The van der Waals surface area contributed by atoms with Crippen LogP contribution < -0.4 is 10.9 Å². The van der Waals surface area contributed by atoms with Crippen molar-refractivity contribution in [3.8, 4) is 0 Å². The monoisotopic (exact) mass is 246 g/mol. The van der Waals surface area contributed by atoms with Crippen molar-refractivity contribution in [1.82, 2.24) is 14.3 Å². The Labute approximate surface area is 104 Å². The average molecular weight is 246 g/mol. The molecular weight excluding hydrogens is 232 g/mol. The van der Waals surface area contributed by atoms with Crippen molar-refractivity contribution in [3.63, 3.8) is 0 Å². The van der Waals surface area contributed by atoms with E-state index in [1.54, 1.807) is 36.3 Å². The highest BCUT2D eigenvalue weighted by molar-refractivity contribution is 6.03. The largest absolute Gasteiger partial charge is 0.319 e. The highest BCUT2D eigenvalue weighted by atomic mass is 16.2. The predicted octanol–water partition coefficient (Wildman–Crippen LogP) is 0.854. The van der Waals surface area contributed by atoms with E-state index in [1.165, 1.54) is 10.6 Å². The fourth-order valence-electron chi connectivity index (χ4n) is 1.48. The number of aromatic nitrogens is 3. The normalized spacial score (nSPS) is 10.3. The number of pyridine rings is 1. The lowest BCUT2D eigenvalue weighted by Crippen LogP contribution is -2.20. The van der Waals surface area contributed by atoms with Gasteiger partial charge in [0.15, 0.2) is 5.82 Å². The van der Waals surface area contributed by atoms with E-state index in [2.05, 4.69) is 10.4 Å². The van der Waals surface area contributed by atoms with Gasteiger partial charge in [0.1, 0.15) is 0 Å². The van der Waals surface area contributed by atoms with Crippen molar-refractivity contribution < 1.29 is 4.79 Å². The second-order valence-electron chi connectivity index (χ2n) is 3.88. The Hall–Kier alpha value is -2.37. The topological polar surface area (TPSA) is 68.9 Å². The molecule has 0 aliphatic heterocycles. The Balaban J connectivity index is 2.16. The molecule has 94 valence electrons. The zero-order valence-electron chi connectivity index (χ0n) is 10.3. The van der Waals surface area contributed by atoms with Crippen LogP contribution in [0, 0.1) is 0 Å². The quantitative estimate of drug-likeness (QED) is 0.873. The van der Waals surface area contributed by atoms with Crippen LogP contribution in [-0.4, -0.2) is 20.3 Å². The number of carbonyl (C=O) groups excluding carboxylic acids is 1. The molecule has 6 nitrogen and oxygen atoms in total. The van der Waals surface area contributed by atoms with Crippen LogP contribution in [0.2, 0.25) is 0 Å². The average Bonchev–Trinajstić information content (AvgIpc) is 2.80. The van der Waals surface area contributed by atoms with Gasteiger partial charge in [0.25, 0.3) is 11.5 Å². The summed E-state index contributed by atoms with van der Waals surface area (Å²) in [6, 6.07) is 4.60. The molecule has 0 spiro atoms. The summed E-state index contributed by atoms with van der Waals surface area (Å²) in [6.07, 6.45) is 3.33. The third-order valence-electron chi connectivity index (χ3n) is 2.57. The first-order valence-corrected chi connectivity index (χ1v) is 5.61. The van der Waals surface area contributed by atoms with Gasteiger partial charge >= 0.3 is 0 Å². The summed E-state index contributed by atoms with van der Waals surface area (Å²) in [4.78, 5) is 23.3. The first-order valence-electron chi connectivity index (χ1n) is 5.61. The van der Waals surface area contributed by atoms with Gasteiger partial charge < -0.3 is 9.88 Å². The molecule has 2 aromatic rings. The Bertz CT molecular complexity index is 627. The Kier molecular flexibility index (Phi) is 3.27. The molecule has 1 N–H and O–H groups in total. The summed E-state index contributed by atoms with van der Waals surface area (Å²) in [5, 5.41) is 6.78. The molecule has 0 atom stereocenters. The van der Waals surface area contributed by atoms with E-state index in [0.717, 1.165) is 6.54 Å². The van der Waals surface area contributed by atoms with E-state index in [0.29, 0.717) is 11.4 Å². The Morgan fingerprint density at radius 3 is 2.78 bits per heavy atom. The highest BCUT2D eigenvalue weighted by Gasteiger charge is 2.08. The van der Waals surface area contributed by atoms with E-state index in [1.807, 2.05) is 6.92 Å². The molecule has 2 aromatic heterocycles. The smallest absolute Gasteiger partial charge is 0.257 e. The number of hydrogen-bond donors (Lipinski definition) is 1. The van der Waals surface area contributed by atoms with Crippen LogP contribution in [0.3, 0.4) is 0 Å². The first-order chi connectivity index (χ1) is 8.60. The minimum atomic E-state index is -0.339. The second kappa shape index (κ2) is 4.87. The number of carbonyl (C=O) groups is 1. The predicted molar refractivity (Wildman–Crippen MR) is 67.5 cm³/mol. The van der Waals surface area contributed by atoms with Gasteiger partial charge in [0, 0.05) is 43.7 Å². The minimum absolute atomic E-state index is 0.221. The van der Waals surface area contributed by atoms with E-state index < -0.39 is 0 Å². The fraction of sp³-hybridized carbons (Fsp3) is 0.250. The van der Waals surface area contributed by atoms with Gasteiger partial charge in [-0.25, -0.2) is 0 Å². The van der Waals surface area contributed by atoms with Gasteiger partial charge in [-0.05, 0) is 13.0 Å². The lowest BCUT2D eigenvalue weighted by molar-refractivity contribution is 0.102. The molecule has 0 unspecified atom stereocenters. The molecule has 0 fully saturated rings. The number of nitrogens with one attached hydrogen (secondary N) is 1. The molecule has 6 heteroatoms. The molecule has 0 aliphatic rings. The summed E-state index contributed by atoms with van der Waals surface area (Å²) in [6.45, 7) is 2.70. The summed E-state index contributed by atoms with van der Waals surface area (Å²) in [5.41, 5.74) is 0.103. The molecule has 2 rings (SSSR count). The van der Waals surface area contributed by atoms with Crippen LogP contribution in [0.1, 0.15) is 17.3 Å². The minimum Gasteiger partial charge on any atom is -0.319 e. The zero-order valence-corrected chi connectivity index (χ0v) is 10.3. The number of anilines is 1. The molecule has 0 radical (unpaired) electrons. The molecule has 18 heavy (non-hydrogen) atoms. The standard InChI is InChI=1S/C12H14N4O2/c1-3-16-7-5-10(14-16)13-12(18)9-4-6-15(2)11(17)8-9/h4-8H,3H2,1-2H3,(H,13,14,18). The fourth-order valence-corrected chi connectivity index (χ4v) is 1.48. The van der Waals surface area contributed by atoms with E-state index in [-0.39, 0.29) is 11.5 Å². The lowest BCUT2D eigenvalue weighted by atomic mass is 10.2. The van der Waals surface area contributed by atoms with Crippen molar-refractivity contribution >= 4 is 11.7 Å². The van der Waals surface area contributed by atoms with Crippen LogP contribution in [0.5, 0.6) is 0 Å². The SMILES string of the molecule is CCn1ccc(NC(=O)c2ccn(C)c(=O)c2)n1. The van der Waals surface area contributed by atoms with Crippen molar-refractivity contribution in [2.45, 2.75) is 13.5 Å². The molecule has 0 aliphatic carbocycles. The van der Waals surface area contributed by atoms with Gasteiger partial charge in [-0.3, -0.25) is 14.3 Å². The van der Waals surface area contributed by atoms with E-state index >= 15 is 0 Å². The number of aryl methyl sites for hydroxylation is 2. The highest BCUT2D eigenvalue weighted by Crippen LogP contribution is 2.05. The molecule has 2 heterocycles. The maximum absolute atomic E-state index is 11.9. The van der Waals surface area contributed by atoms with Crippen molar-refractivity contribution in [3.05, 3.63) is 46.5 Å². The first kappa shape index (κ1) is 12.1. The summed E-state index contributed by atoms with van der Waals surface area (Å²) in [7, 11) is 1.63. The number of nitrogens with zero attached hydrogens (tertiary/aromatic N) is 3. The molecule has 0 aromatic carbocycles. The number of amides is 1. The maximum Gasteiger partial charge on any atom is 0.257 e. The molecule has 0 bridgehead atoms. The maximum atomic E-state index is 11.9. The van der Waals surface area contributed by atoms with Crippen LogP contribution in [0.4, 0.5) is 5.82 Å². The van der Waals surface area contributed by atoms with Crippen molar-refractivity contribution in [2.24, 2.45) is 7.05 Å². The van der Waals surface area contributed by atoms with Gasteiger partial charge in [-0.1, -0.05) is 0 Å². The summed E-state index contributed by atoms with van der Waals surface area (Å²) in [5.74, 6) is 0.136. The second-order valence-corrected chi connectivity index (χ2v) is 3.88. The lowest BCUT2D eigenvalue weighted by Gasteiger charge is -2.02. The zero-order chi connectivity index (χ0) is 13.1. The van der Waals surface area contributed by atoms with Crippen LogP contribution in [0.15, 0.2) is 35.4 Å². The van der Waals surface area contributed by atoms with Crippen LogP contribution in [-0.2, 0) is 13.6 Å². The molecule has 0 saturated heterocycles. The van der Waals surface area contributed by atoms with Gasteiger partial charge in [-0.15, -0.1) is 0 Å². The molecule has 0 saturated carbocycles. The summed E-state index contributed by atoms with van der Waals surface area (Å²) < 4.78 is 3.11. The number of hydrogen-bond acceptors (Lipinski definition) is 3. The van der Waals surface area contributed by atoms with Crippen LogP contribution in [0.25, 0.3) is 0 Å². The Morgan fingerprint density at radius 1 is 1.39 bits per heavy atom. The van der Waals surface area contributed by atoms with Crippen LogP contribution >= 0.6 is 0 Å². The Morgan fingerprint density at radius 2 is 2.17 bits per heavy atom. The van der Waals surface area contributed by atoms with E-state index in [9.17, 15) is 9.59 Å².